The predicted octanol–water partition coefficient (Wildman–Crippen LogP) is 3.25. The van der Waals surface area contributed by atoms with Crippen LogP contribution in [0.25, 0.3) is 0 Å². The van der Waals surface area contributed by atoms with Gasteiger partial charge in [-0.15, -0.1) is 0 Å². The highest BCUT2D eigenvalue weighted by atomic mass is 32.2. The van der Waals surface area contributed by atoms with Crippen LogP contribution < -0.4 is 0 Å². The molecule has 19 heavy (non-hydrogen) atoms. The number of rotatable bonds is 8. The first kappa shape index (κ1) is 17.0. The fourth-order valence-electron chi connectivity index (χ4n) is 2.92. The van der Waals surface area contributed by atoms with E-state index in [2.05, 4.69) is 25.7 Å². The Morgan fingerprint density at radius 2 is 1.58 bits per heavy atom. The van der Waals surface area contributed by atoms with Crippen LogP contribution in [0.3, 0.4) is 0 Å². The summed E-state index contributed by atoms with van der Waals surface area (Å²) in [5, 5.41) is 0. The maximum Gasteiger partial charge on any atom is 0.152 e. The SMILES string of the molecule is CCCCCCCC(C)(CC)N1CCS(=O)(=O)CC1. The average Bonchev–Trinajstić information content (AvgIpc) is 2.38. The molecule has 0 aromatic heterocycles. The third-order valence-electron chi connectivity index (χ3n) is 4.69. The van der Waals surface area contributed by atoms with Gasteiger partial charge >= 0.3 is 0 Å². The molecular weight excluding hydrogens is 258 g/mol. The molecule has 0 aromatic rings. The van der Waals surface area contributed by atoms with Crippen molar-refractivity contribution in [3.05, 3.63) is 0 Å². The lowest BCUT2D eigenvalue weighted by Crippen LogP contribution is -2.52. The number of nitrogens with zero attached hydrogens (tertiary/aromatic N) is 1. The molecule has 4 heteroatoms. The zero-order valence-electron chi connectivity index (χ0n) is 13.0. The smallest absolute Gasteiger partial charge is 0.152 e. The van der Waals surface area contributed by atoms with Crippen molar-refractivity contribution in [1.29, 1.82) is 0 Å². The Bertz CT molecular complexity index is 339. The number of hydrogen-bond donors (Lipinski definition) is 0. The molecule has 3 nitrogen and oxygen atoms in total. The van der Waals surface area contributed by atoms with Crippen molar-refractivity contribution in [1.82, 2.24) is 4.90 Å². The van der Waals surface area contributed by atoms with Crippen molar-refractivity contribution < 1.29 is 8.42 Å². The van der Waals surface area contributed by atoms with E-state index in [1.807, 2.05) is 0 Å². The number of hydrogen-bond acceptors (Lipinski definition) is 3. The molecule has 0 aromatic carbocycles. The first-order valence-corrected chi connectivity index (χ1v) is 9.71. The Hall–Kier alpha value is -0.0900. The van der Waals surface area contributed by atoms with Crippen molar-refractivity contribution in [2.24, 2.45) is 0 Å². The molecular formula is C15H31NO2S. The van der Waals surface area contributed by atoms with Crippen LogP contribution in [-0.4, -0.2) is 43.5 Å². The summed E-state index contributed by atoms with van der Waals surface area (Å²) in [6.07, 6.45) is 8.86. The first-order valence-electron chi connectivity index (χ1n) is 7.89. The minimum absolute atomic E-state index is 0.197. The van der Waals surface area contributed by atoms with Gasteiger partial charge in [0.05, 0.1) is 11.5 Å². The van der Waals surface area contributed by atoms with Gasteiger partial charge in [-0.05, 0) is 19.8 Å². The lowest BCUT2D eigenvalue weighted by atomic mass is 9.89. The maximum atomic E-state index is 11.5. The molecule has 0 radical (unpaired) electrons. The van der Waals surface area contributed by atoms with E-state index in [0.29, 0.717) is 11.5 Å². The van der Waals surface area contributed by atoms with Gasteiger partial charge in [-0.25, -0.2) is 8.42 Å². The summed E-state index contributed by atoms with van der Waals surface area (Å²) in [4.78, 5) is 2.41. The molecule has 0 N–H and O–H groups in total. The second kappa shape index (κ2) is 7.63. The largest absolute Gasteiger partial charge is 0.296 e. The number of unbranched alkanes of at least 4 members (excludes halogenated alkanes) is 4. The van der Waals surface area contributed by atoms with Crippen LogP contribution in [0.15, 0.2) is 0 Å². The summed E-state index contributed by atoms with van der Waals surface area (Å²) in [7, 11) is -2.76. The topological polar surface area (TPSA) is 37.4 Å². The third-order valence-corrected chi connectivity index (χ3v) is 6.30. The molecule has 0 saturated carbocycles. The van der Waals surface area contributed by atoms with Crippen LogP contribution in [0, 0.1) is 0 Å². The van der Waals surface area contributed by atoms with Crippen LogP contribution >= 0.6 is 0 Å². The highest BCUT2D eigenvalue weighted by Crippen LogP contribution is 2.28. The summed E-state index contributed by atoms with van der Waals surface area (Å²) >= 11 is 0. The molecule has 0 aliphatic carbocycles. The van der Waals surface area contributed by atoms with Gasteiger partial charge in [0.15, 0.2) is 9.84 Å². The van der Waals surface area contributed by atoms with Gasteiger partial charge in [0.1, 0.15) is 0 Å². The Kier molecular flexibility index (Phi) is 6.81. The molecule has 1 atom stereocenters. The summed E-state index contributed by atoms with van der Waals surface area (Å²) in [5.74, 6) is 0.691. The first-order chi connectivity index (χ1) is 8.93. The second-order valence-corrected chi connectivity index (χ2v) is 8.46. The van der Waals surface area contributed by atoms with Gasteiger partial charge in [-0.2, -0.15) is 0 Å². The minimum Gasteiger partial charge on any atom is -0.296 e. The molecule has 1 aliphatic heterocycles. The molecule has 1 rings (SSSR count). The van der Waals surface area contributed by atoms with Crippen LogP contribution in [0.1, 0.15) is 65.7 Å². The van der Waals surface area contributed by atoms with Gasteiger partial charge in [0.25, 0.3) is 0 Å². The van der Waals surface area contributed by atoms with Gasteiger partial charge in [0.2, 0.25) is 0 Å². The second-order valence-electron chi connectivity index (χ2n) is 6.15. The Morgan fingerprint density at radius 1 is 1.00 bits per heavy atom. The lowest BCUT2D eigenvalue weighted by molar-refractivity contribution is 0.0971. The normalized spacial score (nSPS) is 23.1. The Balaban J connectivity index is 2.41. The van der Waals surface area contributed by atoms with Crippen LogP contribution in [-0.2, 0) is 9.84 Å². The van der Waals surface area contributed by atoms with Crippen molar-refractivity contribution in [3.63, 3.8) is 0 Å². The van der Waals surface area contributed by atoms with Crippen LogP contribution in [0.4, 0.5) is 0 Å². The Labute approximate surface area is 119 Å². The van der Waals surface area contributed by atoms with Gasteiger partial charge in [-0.3, -0.25) is 4.90 Å². The quantitative estimate of drug-likeness (QED) is 0.644. The Morgan fingerprint density at radius 3 is 2.11 bits per heavy atom. The highest BCUT2D eigenvalue weighted by Gasteiger charge is 2.33. The minimum atomic E-state index is -2.76. The predicted molar refractivity (Wildman–Crippen MR) is 82.3 cm³/mol. The van der Waals surface area contributed by atoms with E-state index < -0.39 is 9.84 Å². The molecule has 1 aliphatic rings. The van der Waals surface area contributed by atoms with E-state index in [-0.39, 0.29) is 5.54 Å². The van der Waals surface area contributed by atoms with E-state index in [1.165, 1.54) is 38.5 Å². The fraction of sp³-hybridized carbons (Fsp3) is 1.00. The molecule has 1 unspecified atom stereocenters. The monoisotopic (exact) mass is 289 g/mol. The van der Waals surface area contributed by atoms with Crippen molar-refractivity contribution >= 4 is 9.84 Å². The highest BCUT2D eigenvalue weighted by molar-refractivity contribution is 7.91. The van der Waals surface area contributed by atoms with Crippen LogP contribution in [0.2, 0.25) is 0 Å². The summed E-state index contributed by atoms with van der Waals surface area (Å²) < 4.78 is 23.0. The van der Waals surface area contributed by atoms with E-state index in [9.17, 15) is 8.42 Å². The van der Waals surface area contributed by atoms with Crippen molar-refractivity contribution in [2.75, 3.05) is 24.6 Å². The molecule has 1 fully saturated rings. The van der Waals surface area contributed by atoms with Gasteiger partial charge < -0.3 is 0 Å². The zero-order chi connectivity index (χ0) is 14.4. The van der Waals surface area contributed by atoms with Crippen LogP contribution in [0.5, 0.6) is 0 Å². The van der Waals surface area contributed by atoms with Crippen molar-refractivity contribution in [3.8, 4) is 0 Å². The standard InChI is InChI=1S/C15H31NO2S/c1-4-6-7-8-9-10-15(3,5-2)16-11-13-19(17,18)14-12-16/h4-14H2,1-3H3. The number of sulfone groups is 1. The molecule has 0 spiro atoms. The fourth-order valence-corrected chi connectivity index (χ4v) is 4.12. The van der Waals surface area contributed by atoms with Gasteiger partial charge in [-0.1, -0.05) is 46.0 Å². The third kappa shape index (κ3) is 5.42. The van der Waals surface area contributed by atoms with E-state index in [0.717, 1.165) is 19.5 Å². The molecule has 1 heterocycles. The van der Waals surface area contributed by atoms with E-state index >= 15 is 0 Å². The maximum absolute atomic E-state index is 11.5. The van der Waals surface area contributed by atoms with Crippen molar-refractivity contribution in [2.45, 2.75) is 71.3 Å². The molecule has 0 bridgehead atoms. The molecule has 114 valence electrons. The summed E-state index contributed by atoms with van der Waals surface area (Å²) in [6, 6.07) is 0. The molecule has 0 amide bonds. The summed E-state index contributed by atoms with van der Waals surface area (Å²) in [5.41, 5.74) is 0.197. The summed E-state index contributed by atoms with van der Waals surface area (Å²) in [6.45, 7) is 8.23. The van der Waals surface area contributed by atoms with Gasteiger partial charge in [0, 0.05) is 18.6 Å². The van der Waals surface area contributed by atoms with E-state index in [1.54, 1.807) is 0 Å². The molecule has 1 saturated heterocycles. The van der Waals surface area contributed by atoms with E-state index in [4.69, 9.17) is 0 Å². The zero-order valence-corrected chi connectivity index (χ0v) is 13.8. The lowest BCUT2D eigenvalue weighted by Gasteiger charge is -2.43. The average molecular weight is 289 g/mol.